The fourth-order valence-corrected chi connectivity index (χ4v) is 5.96. The number of aromatic nitrogens is 5. The van der Waals surface area contributed by atoms with Gasteiger partial charge in [-0.2, -0.15) is 0 Å². The van der Waals surface area contributed by atoms with Gasteiger partial charge in [0.1, 0.15) is 11.3 Å². The summed E-state index contributed by atoms with van der Waals surface area (Å²) in [7, 11) is 1.77. The summed E-state index contributed by atoms with van der Waals surface area (Å²) in [4.78, 5) is 20.6. The lowest BCUT2D eigenvalue weighted by molar-refractivity contribution is -0.00545. The van der Waals surface area contributed by atoms with E-state index in [1.54, 1.807) is 24.6 Å². The van der Waals surface area contributed by atoms with Gasteiger partial charge < -0.3 is 14.0 Å². The number of ether oxygens (including phenoxy) is 1. The molecule has 6 rings (SSSR count). The first-order valence-corrected chi connectivity index (χ1v) is 11.8. The zero-order chi connectivity index (χ0) is 21.7. The van der Waals surface area contributed by atoms with Gasteiger partial charge in [-0.1, -0.05) is 11.3 Å². The third-order valence-corrected chi connectivity index (χ3v) is 7.84. The van der Waals surface area contributed by atoms with E-state index in [9.17, 15) is 4.79 Å². The van der Waals surface area contributed by atoms with Gasteiger partial charge in [0, 0.05) is 44.4 Å². The van der Waals surface area contributed by atoms with Crippen LogP contribution in [-0.2, 0) is 4.74 Å². The molecule has 1 aliphatic carbocycles. The molecule has 32 heavy (non-hydrogen) atoms. The van der Waals surface area contributed by atoms with E-state index < -0.39 is 0 Å². The van der Waals surface area contributed by atoms with Gasteiger partial charge in [-0.05, 0) is 48.3 Å². The average Bonchev–Trinajstić information content (AvgIpc) is 3.62. The fourth-order valence-electron chi connectivity index (χ4n) is 5.29. The minimum absolute atomic E-state index is 0.0606. The van der Waals surface area contributed by atoms with E-state index in [-0.39, 0.29) is 18.1 Å². The lowest BCUT2D eigenvalue weighted by atomic mass is 9.77. The molecule has 2 fully saturated rings. The Kier molecular flexibility index (Phi) is 4.80. The van der Waals surface area contributed by atoms with Crippen molar-refractivity contribution in [1.82, 2.24) is 29.3 Å². The summed E-state index contributed by atoms with van der Waals surface area (Å²) in [6.45, 7) is 1.54. The summed E-state index contributed by atoms with van der Waals surface area (Å²) >= 11 is 1.66. The second-order valence-corrected chi connectivity index (χ2v) is 9.66. The lowest BCUT2D eigenvalue weighted by Gasteiger charge is -2.36. The second-order valence-electron chi connectivity index (χ2n) is 8.71. The molecule has 0 aromatic carbocycles. The summed E-state index contributed by atoms with van der Waals surface area (Å²) in [6, 6.07) is 7.95. The van der Waals surface area contributed by atoms with Crippen LogP contribution in [0.15, 0.2) is 54.4 Å². The SMILES string of the molecule is CO[C@@H]1C[C@H]2CN(C(=O)c3ccn4ccnc4c3)C[C@H]2C[C@H]1n1cc(-c2cccs2)nn1. The molecule has 8 nitrogen and oxygen atoms in total. The molecule has 2 aliphatic rings. The molecule has 4 aromatic rings. The van der Waals surface area contributed by atoms with Crippen molar-refractivity contribution in [3.05, 3.63) is 60.0 Å². The van der Waals surface area contributed by atoms with Crippen LogP contribution in [0.4, 0.5) is 0 Å². The van der Waals surface area contributed by atoms with Crippen LogP contribution in [-0.4, -0.2) is 61.5 Å². The standard InChI is InChI=1S/C23H24N6O2S/c1-31-20-10-17-13-28(23(30)15-4-6-27-7-5-24-22(27)11-15)12-16(17)9-19(20)29-14-18(25-26-29)21-3-2-8-32-21/h2-8,11,14,16-17,19-20H,9-10,12-13H2,1H3/t16-,17+,19-,20-/m1/s1. The van der Waals surface area contributed by atoms with E-state index in [2.05, 4.69) is 21.4 Å². The Morgan fingerprint density at radius 3 is 2.88 bits per heavy atom. The molecular weight excluding hydrogens is 424 g/mol. The van der Waals surface area contributed by atoms with Crippen LogP contribution in [0.25, 0.3) is 16.2 Å². The van der Waals surface area contributed by atoms with Crippen molar-refractivity contribution in [2.75, 3.05) is 20.2 Å². The summed E-state index contributed by atoms with van der Waals surface area (Å²) < 4.78 is 9.77. The molecular formula is C23H24N6O2S. The Hall–Kier alpha value is -3.04. The number of hydrogen-bond acceptors (Lipinski definition) is 6. The first-order valence-electron chi connectivity index (χ1n) is 10.9. The van der Waals surface area contributed by atoms with Crippen LogP contribution in [0.5, 0.6) is 0 Å². The number of thiophene rings is 1. The quantitative estimate of drug-likeness (QED) is 0.478. The van der Waals surface area contributed by atoms with Crippen molar-refractivity contribution in [2.24, 2.45) is 11.8 Å². The van der Waals surface area contributed by atoms with Gasteiger partial charge in [0.2, 0.25) is 0 Å². The van der Waals surface area contributed by atoms with Gasteiger partial charge in [-0.3, -0.25) is 4.79 Å². The highest BCUT2D eigenvalue weighted by molar-refractivity contribution is 7.13. The number of hydrogen-bond donors (Lipinski definition) is 0. The minimum Gasteiger partial charge on any atom is -0.379 e. The van der Waals surface area contributed by atoms with E-state index in [4.69, 9.17) is 4.74 Å². The first-order chi connectivity index (χ1) is 15.7. The molecule has 1 aliphatic heterocycles. The van der Waals surface area contributed by atoms with Crippen molar-refractivity contribution in [1.29, 1.82) is 0 Å². The number of pyridine rings is 1. The van der Waals surface area contributed by atoms with Crippen LogP contribution < -0.4 is 0 Å². The van der Waals surface area contributed by atoms with E-state index in [0.29, 0.717) is 17.4 Å². The van der Waals surface area contributed by atoms with Gasteiger partial charge in [0.15, 0.2) is 0 Å². The smallest absolute Gasteiger partial charge is 0.254 e. The average molecular weight is 449 g/mol. The molecule has 0 radical (unpaired) electrons. The van der Waals surface area contributed by atoms with Gasteiger partial charge in [0.25, 0.3) is 5.91 Å². The zero-order valence-corrected chi connectivity index (χ0v) is 18.6. The molecule has 1 saturated carbocycles. The van der Waals surface area contributed by atoms with E-state index in [1.165, 1.54) is 0 Å². The monoisotopic (exact) mass is 448 g/mol. The van der Waals surface area contributed by atoms with Crippen LogP contribution in [0.1, 0.15) is 29.2 Å². The van der Waals surface area contributed by atoms with Crippen LogP contribution in [0.2, 0.25) is 0 Å². The molecule has 0 unspecified atom stereocenters. The Morgan fingerprint density at radius 2 is 2.06 bits per heavy atom. The minimum atomic E-state index is 0.0606. The topological polar surface area (TPSA) is 77.5 Å². The molecule has 4 aromatic heterocycles. The van der Waals surface area contributed by atoms with Gasteiger partial charge in [0.05, 0.1) is 23.2 Å². The van der Waals surface area contributed by atoms with Crippen LogP contribution >= 0.6 is 11.3 Å². The van der Waals surface area contributed by atoms with Gasteiger partial charge >= 0.3 is 0 Å². The number of rotatable bonds is 4. The van der Waals surface area contributed by atoms with E-state index in [0.717, 1.165) is 42.1 Å². The number of carbonyl (C=O) groups excluding carboxylic acids is 1. The summed E-state index contributed by atoms with van der Waals surface area (Å²) in [5.74, 6) is 0.951. The van der Waals surface area contributed by atoms with Crippen molar-refractivity contribution in [2.45, 2.75) is 25.0 Å². The molecule has 0 bridgehead atoms. The van der Waals surface area contributed by atoms with Crippen molar-refractivity contribution < 1.29 is 9.53 Å². The predicted molar refractivity (Wildman–Crippen MR) is 120 cm³/mol. The third-order valence-electron chi connectivity index (χ3n) is 6.94. The Morgan fingerprint density at radius 1 is 1.19 bits per heavy atom. The molecule has 164 valence electrons. The molecule has 5 heterocycles. The molecule has 4 atom stereocenters. The highest BCUT2D eigenvalue weighted by Crippen LogP contribution is 2.42. The Labute approximate surface area is 189 Å². The number of methoxy groups -OCH3 is 1. The van der Waals surface area contributed by atoms with Crippen LogP contribution in [0, 0.1) is 11.8 Å². The van der Waals surface area contributed by atoms with E-state index in [1.807, 2.05) is 56.2 Å². The second kappa shape index (κ2) is 7.83. The number of nitrogens with zero attached hydrogens (tertiary/aromatic N) is 6. The number of carbonyl (C=O) groups is 1. The molecule has 1 amide bonds. The molecule has 0 spiro atoms. The fraction of sp³-hybridized carbons (Fsp3) is 0.391. The van der Waals surface area contributed by atoms with Crippen molar-refractivity contribution in [3.63, 3.8) is 0 Å². The van der Waals surface area contributed by atoms with Crippen molar-refractivity contribution in [3.8, 4) is 10.6 Å². The summed E-state index contributed by atoms with van der Waals surface area (Å²) in [5.41, 5.74) is 2.38. The Balaban J connectivity index is 1.20. The van der Waals surface area contributed by atoms with Gasteiger partial charge in [-0.15, -0.1) is 16.4 Å². The maximum Gasteiger partial charge on any atom is 0.254 e. The molecule has 9 heteroatoms. The highest BCUT2D eigenvalue weighted by atomic mass is 32.1. The first kappa shape index (κ1) is 19.6. The van der Waals surface area contributed by atoms with Gasteiger partial charge in [-0.25, -0.2) is 9.67 Å². The maximum atomic E-state index is 13.2. The van der Waals surface area contributed by atoms with E-state index >= 15 is 0 Å². The van der Waals surface area contributed by atoms with Crippen molar-refractivity contribution >= 4 is 22.9 Å². The zero-order valence-electron chi connectivity index (χ0n) is 17.7. The van der Waals surface area contributed by atoms with Crippen LogP contribution in [0.3, 0.4) is 0 Å². The summed E-state index contributed by atoms with van der Waals surface area (Å²) in [6.07, 6.45) is 9.46. The maximum absolute atomic E-state index is 13.2. The molecule has 0 N–H and O–H groups in total. The predicted octanol–water partition coefficient (Wildman–Crippen LogP) is 3.39. The lowest BCUT2D eigenvalue weighted by Crippen LogP contribution is -2.37. The summed E-state index contributed by atoms with van der Waals surface area (Å²) in [5, 5.41) is 10.9. The largest absolute Gasteiger partial charge is 0.379 e. The normalized spacial score (nSPS) is 25.3. The number of likely N-dealkylation sites (tertiary alicyclic amines) is 1. The number of amides is 1. The Bertz CT molecular complexity index is 1250. The molecule has 1 saturated heterocycles. The number of fused-ring (bicyclic) bond motifs is 2. The highest BCUT2D eigenvalue weighted by Gasteiger charge is 2.44. The third kappa shape index (κ3) is 3.32. The number of imidazole rings is 1.